The van der Waals surface area contributed by atoms with Crippen LogP contribution in [0.2, 0.25) is 0 Å². The number of hydrogen-bond donors (Lipinski definition) is 2. The molecule has 2 saturated heterocycles. The third-order valence-corrected chi connectivity index (χ3v) is 4.21. The first-order valence-corrected chi connectivity index (χ1v) is 7.17. The van der Waals surface area contributed by atoms with Crippen molar-refractivity contribution in [2.24, 2.45) is 0 Å². The number of fused-ring (bicyclic) bond motifs is 2. The second kappa shape index (κ2) is 4.97. The zero-order valence-electron chi connectivity index (χ0n) is 10.0. The number of carbonyl (C=O) groups excluding carboxylic acids is 1. The van der Waals surface area contributed by atoms with Gasteiger partial charge in [-0.2, -0.15) is 0 Å². The van der Waals surface area contributed by atoms with Gasteiger partial charge in [-0.05, 0) is 47.7 Å². The third-order valence-electron chi connectivity index (χ3n) is 3.78. The molecule has 2 atom stereocenters. The van der Waals surface area contributed by atoms with Gasteiger partial charge in [0.25, 0.3) is 5.91 Å². The predicted molar refractivity (Wildman–Crippen MR) is 72.4 cm³/mol. The van der Waals surface area contributed by atoms with Crippen molar-refractivity contribution in [2.45, 2.75) is 43.8 Å². The summed E-state index contributed by atoms with van der Waals surface area (Å²) >= 11 is 3.33. The Kier molecular flexibility index (Phi) is 3.35. The molecule has 5 heteroatoms. The first kappa shape index (κ1) is 12.1. The van der Waals surface area contributed by atoms with Crippen LogP contribution in [-0.4, -0.2) is 29.0 Å². The Hall–Kier alpha value is -0.940. The average Bonchev–Trinajstić information content (AvgIpc) is 2.69. The number of amides is 1. The van der Waals surface area contributed by atoms with E-state index < -0.39 is 0 Å². The van der Waals surface area contributed by atoms with Crippen molar-refractivity contribution in [3.8, 4) is 0 Å². The fourth-order valence-corrected chi connectivity index (χ4v) is 3.34. The van der Waals surface area contributed by atoms with Crippen LogP contribution < -0.4 is 10.6 Å². The van der Waals surface area contributed by atoms with E-state index in [1.165, 1.54) is 12.8 Å². The number of aromatic nitrogens is 1. The molecular weight excluding hydrogens is 294 g/mol. The Balaban J connectivity index is 1.64. The highest BCUT2D eigenvalue weighted by Crippen LogP contribution is 2.26. The van der Waals surface area contributed by atoms with Crippen LogP contribution in [0, 0.1) is 0 Å². The number of pyridine rings is 1. The molecule has 4 nitrogen and oxygen atoms in total. The van der Waals surface area contributed by atoms with Gasteiger partial charge in [0.1, 0.15) is 0 Å². The summed E-state index contributed by atoms with van der Waals surface area (Å²) in [5.41, 5.74) is 0.621. The number of carbonyl (C=O) groups is 1. The van der Waals surface area contributed by atoms with Crippen LogP contribution in [0.15, 0.2) is 22.9 Å². The monoisotopic (exact) mass is 309 g/mol. The van der Waals surface area contributed by atoms with E-state index >= 15 is 0 Å². The molecule has 96 valence electrons. The highest BCUT2D eigenvalue weighted by atomic mass is 79.9. The molecule has 3 heterocycles. The van der Waals surface area contributed by atoms with Gasteiger partial charge in [-0.15, -0.1) is 0 Å². The Morgan fingerprint density at radius 2 is 2.06 bits per heavy atom. The van der Waals surface area contributed by atoms with E-state index in [0.717, 1.165) is 17.3 Å². The van der Waals surface area contributed by atoms with Gasteiger partial charge in [-0.3, -0.25) is 9.78 Å². The minimum Gasteiger partial charge on any atom is -0.349 e. The first-order chi connectivity index (χ1) is 8.70. The second-order valence-corrected chi connectivity index (χ2v) is 6.09. The lowest BCUT2D eigenvalue weighted by molar-refractivity contribution is 0.0923. The smallest absolute Gasteiger partial charge is 0.253 e. The van der Waals surface area contributed by atoms with E-state index in [-0.39, 0.29) is 5.91 Å². The lowest BCUT2D eigenvalue weighted by atomic mass is 9.99. The van der Waals surface area contributed by atoms with E-state index in [1.54, 1.807) is 18.5 Å². The molecule has 1 amide bonds. The van der Waals surface area contributed by atoms with Gasteiger partial charge in [0.15, 0.2) is 0 Å². The summed E-state index contributed by atoms with van der Waals surface area (Å²) in [5, 5.41) is 6.69. The molecule has 0 aliphatic carbocycles. The van der Waals surface area contributed by atoms with Crippen molar-refractivity contribution in [1.29, 1.82) is 0 Å². The van der Waals surface area contributed by atoms with Crippen molar-refractivity contribution in [1.82, 2.24) is 15.6 Å². The van der Waals surface area contributed by atoms with Crippen LogP contribution in [-0.2, 0) is 0 Å². The zero-order chi connectivity index (χ0) is 12.5. The van der Waals surface area contributed by atoms with Crippen molar-refractivity contribution < 1.29 is 4.79 Å². The Labute approximate surface area is 115 Å². The average molecular weight is 310 g/mol. The zero-order valence-corrected chi connectivity index (χ0v) is 11.6. The molecule has 0 spiro atoms. The van der Waals surface area contributed by atoms with Crippen molar-refractivity contribution in [2.75, 3.05) is 0 Å². The van der Waals surface area contributed by atoms with Crippen molar-refractivity contribution in [3.63, 3.8) is 0 Å². The molecule has 2 N–H and O–H groups in total. The lowest BCUT2D eigenvalue weighted by Crippen LogP contribution is -2.48. The SMILES string of the molecule is O=C(NC1CC2CCC(C1)N2)c1cncc(Br)c1. The fraction of sp³-hybridized carbons (Fsp3) is 0.538. The number of halogens is 1. The number of piperidine rings is 1. The van der Waals surface area contributed by atoms with E-state index in [0.29, 0.717) is 23.7 Å². The fourth-order valence-electron chi connectivity index (χ4n) is 2.98. The molecule has 0 radical (unpaired) electrons. The van der Waals surface area contributed by atoms with Gasteiger partial charge < -0.3 is 10.6 Å². The second-order valence-electron chi connectivity index (χ2n) is 5.17. The molecule has 2 bridgehead atoms. The van der Waals surface area contributed by atoms with Gasteiger partial charge in [0.05, 0.1) is 5.56 Å². The maximum atomic E-state index is 12.1. The quantitative estimate of drug-likeness (QED) is 0.877. The molecule has 0 saturated carbocycles. The molecule has 18 heavy (non-hydrogen) atoms. The largest absolute Gasteiger partial charge is 0.349 e. The van der Waals surface area contributed by atoms with E-state index in [4.69, 9.17) is 0 Å². The maximum Gasteiger partial charge on any atom is 0.253 e. The van der Waals surface area contributed by atoms with E-state index in [9.17, 15) is 4.79 Å². The lowest BCUT2D eigenvalue weighted by Gasteiger charge is -2.29. The van der Waals surface area contributed by atoms with Gasteiger partial charge in [-0.1, -0.05) is 0 Å². The summed E-state index contributed by atoms with van der Waals surface area (Å²) in [6, 6.07) is 3.29. The third kappa shape index (κ3) is 2.57. The molecule has 2 aliphatic rings. The van der Waals surface area contributed by atoms with E-state index in [1.807, 2.05) is 0 Å². The van der Waals surface area contributed by atoms with Gasteiger partial charge in [-0.25, -0.2) is 0 Å². The topological polar surface area (TPSA) is 54.0 Å². The molecular formula is C13H16BrN3O. The molecule has 3 rings (SSSR count). The van der Waals surface area contributed by atoms with E-state index in [2.05, 4.69) is 31.5 Å². The minimum atomic E-state index is -0.0184. The molecule has 2 aliphatic heterocycles. The van der Waals surface area contributed by atoms with Crippen molar-refractivity contribution in [3.05, 3.63) is 28.5 Å². The highest BCUT2D eigenvalue weighted by molar-refractivity contribution is 9.10. The van der Waals surface area contributed by atoms with Crippen LogP contribution in [0.1, 0.15) is 36.0 Å². The molecule has 0 aromatic carbocycles. The minimum absolute atomic E-state index is 0.0184. The summed E-state index contributed by atoms with van der Waals surface area (Å²) < 4.78 is 0.834. The molecule has 2 unspecified atom stereocenters. The van der Waals surface area contributed by atoms with Crippen LogP contribution in [0.5, 0.6) is 0 Å². The van der Waals surface area contributed by atoms with Crippen LogP contribution >= 0.6 is 15.9 Å². The van der Waals surface area contributed by atoms with Crippen LogP contribution in [0.4, 0.5) is 0 Å². The van der Waals surface area contributed by atoms with Crippen molar-refractivity contribution >= 4 is 21.8 Å². The molecule has 1 aromatic rings. The molecule has 1 aromatic heterocycles. The maximum absolute atomic E-state index is 12.1. The number of rotatable bonds is 2. The first-order valence-electron chi connectivity index (χ1n) is 6.38. The number of nitrogens with one attached hydrogen (secondary N) is 2. The Bertz CT molecular complexity index is 453. The van der Waals surface area contributed by atoms with Gasteiger partial charge in [0.2, 0.25) is 0 Å². The highest BCUT2D eigenvalue weighted by Gasteiger charge is 2.34. The summed E-state index contributed by atoms with van der Waals surface area (Å²) in [6.45, 7) is 0. The van der Waals surface area contributed by atoms with Gasteiger partial charge >= 0.3 is 0 Å². The summed E-state index contributed by atoms with van der Waals surface area (Å²) in [5.74, 6) is -0.0184. The number of hydrogen-bond acceptors (Lipinski definition) is 3. The standard InChI is InChI=1S/C13H16BrN3O/c14-9-3-8(6-15-7-9)13(18)17-12-4-10-1-2-11(5-12)16-10/h3,6-7,10-12,16H,1-2,4-5H2,(H,17,18). The van der Waals surface area contributed by atoms with Crippen LogP contribution in [0.3, 0.4) is 0 Å². The normalized spacial score (nSPS) is 30.2. The Morgan fingerprint density at radius 1 is 1.33 bits per heavy atom. The number of nitrogens with zero attached hydrogens (tertiary/aromatic N) is 1. The van der Waals surface area contributed by atoms with Crippen LogP contribution in [0.25, 0.3) is 0 Å². The molecule has 2 fully saturated rings. The predicted octanol–water partition coefficient (Wildman–Crippen LogP) is 1.86. The van der Waals surface area contributed by atoms with Gasteiger partial charge in [0, 0.05) is 35.0 Å². The summed E-state index contributed by atoms with van der Waals surface area (Å²) in [6.07, 6.45) is 7.87. The summed E-state index contributed by atoms with van der Waals surface area (Å²) in [7, 11) is 0. The Morgan fingerprint density at radius 3 is 2.72 bits per heavy atom. The summed E-state index contributed by atoms with van der Waals surface area (Å²) in [4.78, 5) is 16.1.